The van der Waals surface area contributed by atoms with Gasteiger partial charge >= 0.3 is 0 Å². The third kappa shape index (κ3) is 1.01. The molecule has 1 aromatic heterocycles. The number of benzene rings is 1. The van der Waals surface area contributed by atoms with Crippen molar-refractivity contribution in [3.8, 4) is 0 Å². The average Bonchev–Trinajstić information content (AvgIpc) is 2.48. The highest BCUT2D eigenvalue weighted by Crippen LogP contribution is 2.30. The van der Waals surface area contributed by atoms with Crippen LogP contribution in [-0.4, -0.2) is 4.98 Å². The van der Waals surface area contributed by atoms with Crippen LogP contribution in [-0.2, 0) is 0 Å². The topological polar surface area (TPSA) is 15.8 Å². The third-order valence-electron chi connectivity index (χ3n) is 1.99. The van der Waals surface area contributed by atoms with Gasteiger partial charge in [-0.15, -0.1) is 0 Å². The summed E-state index contributed by atoms with van der Waals surface area (Å²) in [7, 11) is 0. The van der Waals surface area contributed by atoms with Gasteiger partial charge in [0.25, 0.3) is 0 Å². The van der Waals surface area contributed by atoms with Gasteiger partial charge in [0.2, 0.25) is 0 Å². The van der Waals surface area contributed by atoms with Crippen molar-refractivity contribution in [3.05, 3.63) is 33.9 Å². The molecule has 2 aromatic rings. The van der Waals surface area contributed by atoms with E-state index < -0.39 is 0 Å². The van der Waals surface area contributed by atoms with Crippen molar-refractivity contribution in [2.45, 2.75) is 6.92 Å². The first kappa shape index (κ1) is 7.96. The zero-order valence-corrected chi connectivity index (χ0v) is 8.00. The van der Waals surface area contributed by atoms with E-state index >= 15 is 0 Å². The smallest absolute Gasteiger partial charge is 0.0514 e. The van der Waals surface area contributed by atoms with Crippen molar-refractivity contribution in [3.63, 3.8) is 0 Å². The lowest BCUT2D eigenvalue weighted by atomic mass is 10.2. The number of rotatable bonds is 0. The summed E-state index contributed by atoms with van der Waals surface area (Å²) in [6.45, 7) is 1.97. The van der Waals surface area contributed by atoms with Gasteiger partial charge in [-0.25, -0.2) is 0 Å². The Balaban J connectivity index is 2.97. The molecule has 2 rings (SSSR count). The van der Waals surface area contributed by atoms with E-state index in [-0.39, 0.29) is 0 Å². The predicted molar refractivity (Wildman–Crippen MR) is 53.1 cm³/mol. The fourth-order valence-corrected chi connectivity index (χ4v) is 1.82. The minimum absolute atomic E-state index is 0.696. The average molecular weight is 200 g/mol. The fourth-order valence-electron chi connectivity index (χ4n) is 1.30. The van der Waals surface area contributed by atoms with Gasteiger partial charge in [0.1, 0.15) is 0 Å². The molecule has 0 spiro atoms. The van der Waals surface area contributed by atoms with Gasteiger partial charge in [0, 0.05) is 16.6 Å². The molecule has 1 aromatic carbocycles. The van der Waals surface area contributed by atoms with Crippen molar-refractivity contribution in [2.24, 2.45) is 0 Å². The van der Waals surface area contributed by atoms with Gasteiger partial charge in [-0.3, -0.25) is 0 Å². The second-order valence-electron chi connectivity index (χ2n) is 2.73. The summed E-state index contributed by atoms with van der Waals surface area (Å²) in [6, 6.07) is 3.72. The number of halogens is 2. The van der Waals surface area contributed by atoms with Gasteiger partial charge in [-0.2, -0.15) is 0 Å². The Kier molecular flexibility index (Phi) is 1.78. The molecule has 0 fully saturated rings. The number of hydrogen-bond acceptors (Lipinski definition) is 0. The zero-order valence-electron chi connectivity index (χ0n) is 6.49. The zero-order chi connectivity index (χ0) is 8.72. The Hall–Kier alpha value is -0.660. The van der Waals surface area contributed by atoms with Crippen LogP contribution in [0.4, 0.5) is 0 Å². The molecule has 0 bridgehead atoms. The van der Waals surface area contributed by atoms with Crippen LogP contribution in [0.1, 0.15) is 5.56 Å². The van der Waals surface area contributed by atoms with E-state index in [1.807, 2.05) is 19.2 Å². The van der Waals surface area contributed by atoms with Crippen molar-refractivity contribution >= 4 is 34.1 Å². The van der Waals surface area contributed by atoms with Crippen LogP contribution in [0.15, 0.2) is 18.3 Å². The molecule has 3 heteroatoms. The van der Waals surface area contributed by atoms with E-state index in [1.54, 1.807) is 6.07 Å². The molecule has 0 aliphatic rings. The van der Waals surface area contributed by atoms with E-state index in [0.29, 0.717) is 10.0 Å². The number of nitrogens with one attached hydrogen (secondary N) is 1. The molecule has 12 heavy (non-hydrogen) atoms. The van der Waals surface area contributed by atoms with Gasteiger partial charge < -0.3 is 4.98 Å². The van der Waals surface area contributed by atoms with Crippen molar-refractivity contribution < 1.29 is 0 Å². The second kappa shape index (κ2) is 2.68. The molecular weight excluding hydrogens is 193 g/mol. The third-order valence-corrected chi connectivity index (χ3v) is 2.70. The molecular formula is C9H7Cl2N. The molecule has 0 aliphatic carbocycles. The van der Waals surface area contributed by atoms with Crippen molar-refractivity contribution in [2.75, 3.05) is 0 Å². The van der Waals surface area contributed by atoms with E-state index in [4.69, 9.17) is 23.2 Å². The Bertz CT molecular complexity index is 431. The largest absolute Gasteiger partial charge is 0.361 e. The number of hydrogen-bond donors (Lipinski definition) is 1. The van der Waals surface area contributed by atoms with E-state index in [2.05, 4.69) is 4.98 Å². The molecule has 1 N–H and O–H groups in total. The Morgan fingerprint density at radius 3 is 2.75 bits per heavy atom. The first-order chi connectivity index (χ1) is 5.70. The number of fused-ring (bicyclic) bond motifs is 1. The van der Waals surface area contributed by atoms with Crippen LogP contribution in [0, 0.1) is 6.92 Å². The molecule has 0 saturated heterocycles. The highest BCUT2D eigenvalue weighted by molar-refractivity contribution is 6.39. The maximum absolute atomic E-state index is 5.97. The molecule has 1 nitrogen and oxygen atoms in total. The lowest BCUT2D eigenvalue weighted by molar-refractivity contribution is 1.42. The summed E-state index contributed by atoms with van der Waals surface area (Å²) in [4.78, 5) is 3.10. The minimum Gasteiger partial charge on any atom is -0.361 e. The number of H-pyrrole nitrogens is 1. The van der Waals surface area contributed by atoms with Crippen LogP contribution in [0.25, 0.3) is 10.9 Å². The highest BCUT2D eigenvalue weighted by Gasteiger charge is 2.06. The van der Waals surface area contributed by atoms with Gasteiger partial charge in [0.05, 0.1) is 10.5 Å². The van der Waals surface area contributed by atoms with Crippen molar-refractivity contribution in [1.29, 1.82) is 0 Å². The summed E-state index contributed by atoms with van der Waals surface area (Å²) in [5.74, 6) is 0. The molecule has 62 valence electrons. The molecule has 0 unspecified atom stereocenters. The highest BCUT2D eigenvalue weighted by atomic mass is 35.5. The molecule has 1 heterocycles. The molecule has 0 aliphatic heterocycles. The molecule has 0 saturated carbocycles. The van der Waals surface area contributed by atoms with Crippen LogP contribution < -0.4 is 0 Å². The first-order valence-corrected chi connectivity index (χ1v) is 4.37. The SMILES string of the molecule is Cc1c(Cl)cc(Cl)c2cc[nH]c12. The molecule has 0 amide bonds. The van der Waals surface area contributed by atoms with Gasteiger partial charge in [0.15, 0.2) is 0 Å². The lowest BCUT2D eigenvalue weighted by Crippen LogP contribution is -1.79. The maximum atomic E-state index is 5.97. The predicted octanol–water partition coefficient (Wildman–Crippen LogP) is 3.78. The van der Waals surface area contributed by atoms with E-state index in [9.17, 15) is 0 Å². The van der Waals surface area contributed by atoms with E-state index in [0.717, 1.165) is 16.5 Å². The Morgan fingerprint density at radius 1 is 1.25 bits per heavy atom. The summed E-state index contributed by atoms with van der Waals surface area (Å²) < 4.78 is 0. The number of aromatic nitrogens is 1. The Labute approximate surface area is 80.3 Å². The summed E-state index contributed by atoms with van der Waals surface area (Å²) in [6.07, 6.45) is 1.86. The minimum atomic E-state index is 0.696. The lowest BCUT2D eigenvalue weighted by Gasteiger charge is -2.01. The summed E-state index contributed by atoms with van der Waals surface area (Å²) in [5.41, 5.74) is 2.06. The van der Waals surface area contributed by atoms with E-state index in [1.165, 1.54) is 0 Å². The maximum Gasteiger partial charge on any atom is 0.0514 e. The number of aromatic amines is 1. The quantitative estimate of drug-likeness (QED) is 0.665. The van der Waals surface area contributed by atoms with Crippen LogP contribution in [0.5, 0.6) is 0 Å². The first-order valence-electron chi connectivity index (χ1n) is 3.62. The van der Waals surface area contributed by atoms with Crippen LogP contribution in [0.2, 0.25) is 10.0 Å². The van der Waals surface area contributed by atoms with Crippen LogP contribution >= 0.6 is 23.2 Å². The number of aryl methyl sites for hydroxylation is 1. The normalized spacial score (nSPS) is 10.9. The monoisotopic (exact) mass is 199 g/mol. The van der Waals surface area contributed by atoms with Crippen molar-refractivity contribution in [1.82, 2.24) is 4.98 Å². The second-order valence-corrected chi connectivity index (χ2v) is 3.55. The molecule has 0 radical (unpaired) electrons. The summed E-state index contributed by atoms with van der Waals surface area (Å²) >= 11 is 11.9. The fraction of sp³-hybridized carbons (Fsp3) is 0.111. The Morgan fingerprint density at radius 2 is 2.00 bits per heavy atom. The van der Waals surface area contributed by atoms with Gasteiger partial charge in [-0.1, -0.05) is 23.2 Å². The standard InChI is InChI=1S/C9H7Cl2N/c1-5-7(10)4-8(11)6-2-3-12-9(5)6/h2-4,12H,1H3. The summed E-state index contributed by atoms with van der Waals surface area (Å²) in [5, 5.41) is 2.43. The van der Waals surface area contributed by atoms with Gasteiger partial charge in [-0.05, 0) is 24.6 Å². The van der Waals surface area contributed by atoms with Crippen LogP contribution in [0.3, 0.4) is 0 Å². The molecule has 0 atom stereocenters.